The highest BCUT2D eigenvalue weighted by molar-refractivity contribution is 6.34. The molecule has 0 aromatic heterocycles. The summed E-state index contributed by atoms with van der Waals surface area (Å²) in [5, 5.41) is 12.3. The highest BCUT2D eigenvalue weighted by atomic mass is 35.5. The number of hydrogen-bond donors (Lipinski definition) is 2. The van der Waals surface area contributed by atoms with Gasteiger partial charge in [0.25, 0.3) is 0 Å². The predicted octanol–water partition coefficient (Wildman–Crippen LogP) is 2.09. The fraction of sp³-hybridized carbons (Fsp3) is 0.143. The molecule has 10 heavy (non-hydrogen) atoms. The lowest BCUT2D eigenvalue weighted by Gasteiger charge is -2.02. The van der Waals surface area contributed by atoms with E-state index in [0.717, 1.165) is 5.69 Å². The zero-order valence-corrected chi connectivity index (χ0v) is 6.31. The van der Waals surface area contributed by atoms with Gasteiger partial charge < -0.3 is 10.4 Å². The Morgan fingerprint density at radius 2 is 2.20 bits per heavy atom. The summed E-state index contributed by atoms with van der Waals surface area (Å²) in [5.41, 5.74) is 0.738. The first-order valence-corrected chi connectivity index (χ1v) is 3.28. The number of hydrogen-bond acceptors (Lipinski definition) is 2. The fourth-order valence-electron chi connectivity index (χ4n) is 0.713. The standard InChI is InChI=1S/C7H8ClNO/c1-9-5-3-2-4-6(10)7(5)8/h2-4,9-10H,1H3. The van der Waals surface area contributed by atoms with Crippen molar-refractivity contribution >= 4 is 17.3 Å². The van der Waals surface area contributed by atoms with Crippen molar-refractivity contribution in [2.45, 2.75) is 0 Å². The van der Waals surface area contributed by atoms with E-state index >= 15 is 0 Å². The van der Waals surface area contributed by atoms with Crippen molar-refractivity contribution in [3.8, 4) is 5.75 Å². The van der Waals surface area contributed by atoms with E-state index in [1.807, 2.05) is 0 Å². The van der Waals surface area contributed by atoms with Gasteiger partial charge in [-0.1, -0.05) is 17.7 Å². The molecule has 0 saturated heterocycles. The topological polar surface area (TPSA) is 32.3 Å². The second-order valence-electron chi connectivity index (χ2n) is 1.89. The van der Waals surface area contributed by atoms with E-state index in [0.29, 0.717) is 5.02 Å². The number of halogens is 1. The molecule has 0 aliphatic carbocycles. The molecule has 1 aromatic rings. The van der Waals surface area contributed by atoms with E-state index in [2.05, 4.69) is 5.32 Å². The first-order chi connectivity index (χ1) is 4.75. The van der Waals surface area contributed by atoms with Gasteiger partial charge in [0.05, 0.1) is 5.69 Å². The molecule has 2 N–H and O–H groups in total. The van der Waals surface area contributed by atoms with Crippen molar-refractivity contribution < 1.29 is 5.11 Å². The smallest absolute Gasteiger partial charge is 0.136 e. The molecule has 0 amide bonds. The van der Waals surface area contributed by atoms with E-state index in [-0.39, 0.29) is 5.75 Å². The van der Waals surface area contributed by atoms with Crippen LogP contribution in [0.5, 0.6) is 5.75 Å². The Bertz CT molecular complexity index is 237. The number of benzene rings is 1. The molecule has 0 atom stereocenters. The molecule has 0 saturated carbocycles. The van der Waals surface area contributed by atoms with Gasteiger partial charge in [-0.05, 0) is 12.1 Å². The minimum Gasteiger partial charge on any atom is -0.506 e. The van der Waals surface area contributed by atoms with Crippen LogP contribution in [0.2, 0.25) is 5.02 Å². The Labute approximate surface area is 64.4 Å². The molecular formula is C7H8ClNO. The van der Waals surface area contributed by atoms with Gasteiger partial charge in [0.1, 0.15) is 10.8 Å². The summed E-state index contributed by atoms with van der Waals surface area (Å²) in [5.74, 6) is 0.105. The quantitative estimate of drug-likeness (QED) is 0.654. The summed E-state index contributed by atoms with van der Waals surface area (Å²) in [6.45, 7) is 0. The average Bonchev–Trinajstić information content (AvgIpc) is 1.95. The summed E-state index contributed by atoms with van der Waals surface area (Å²) in [6, 6.07) is 5.07. The second-order valence-corrected chi connectivity index (χ2v) is 2.27. The van der Waals surface area contributed by atoms with Gasteiger partial charge in [-0.15, -0.1) is 0 Å². The lowest BCUT2D eigenvalue weighted by atomic mass is 10.3. The van der Waals surface area contributed by atoms with Gasteiger partial charge in [0.2, 0.25) is 0 Å². The maximum Gasteiger partial charge on any atom is 0.136 e. The van der Waals surface area contributed by atoms with Crippen LogP contribution in [0, 0.1) is 0 Å². The minimum atomic E-state index is 0.105. The Morgan fingerprint density at radius 1 is 1.50 bits per heavy atom. The lowest BCUT2D eigenvalue weighted by Crippen LogP contribution is -1.87. The van der Waals surface area contributed by atoms with Crippen LogP contribution in [0.15, 0.2) is 18.2 Å². The van der Waals surface area contributed by atoms with Gasteiger partial charge in [0.15, 0.2) is 0 Å². The molecule has 3 heteroatoms. The van der Waals surface area contributed by atoms with Gasteiger partial charge in [0, 0.05) is 7.05 Å². The summed E-state index contributed by atoms with van der Waals surface area (Å²) < 4.78 is 0. The van der Waals surface area contributed by atoms with Crippen LogP contribution in [0.1, 0.15) is 0 Å². The molecule has 54 valence electrons. The van der Waals surface area contributed by atoms with Crippen LogP contribution in [0.3, 0.4) is 0 Å². The third-order valence-corrected chi connectivity index (χ3v) is 1.64. The lowest BCUT2D eigenvalue weighted by molar-refractivity contribution is 0.476. The number of aromatic hydroxyl groups is 1. The number of phenols is 1. The molecule has 0 heterocycles. The molecule has 0 spiro atoms. The Hall–Kier alpha value is -0.890. The summed E-state index contributed by atoms with van der Waals surface area (Å²) in [7, 11) is 1.75. The van der Waals surface area contributed by atoms with Crippen LogP contribution < -0.4 is 5.32 Å². The van der Waals surface area contributed by atoms with Crippen molar-refractivity contribution in [1.82, 2.24) is 0 Å². The minimum absolute atomic E-state index is 0.105. The van der Waals surface area contributed by atoms with Crippen LogP contribution >= 0.6 is 11.6 Å². The predicted molar refractivity (Wildman–Crippen MR) is 42.7 cm³/mol. The SMILES string of the molecule is CNc1cccc(O)c1Cl. The van der Waals surface area contributed by atoms with E-state index < -0.39 is 0 Å². The number of phenolic OH excluding ortho intramolecular Hbond substituents is 1. The van der Waals surface area contributed by atoms with Crippen LogP contribution in [0.25, 0.3) is 0 Å². The van der Waals surface area contributed by atoms with Crippen molar-refractivity contribution in [3.05, 3.63) is 23.2 Å². The maximum absolute atomic E-state index is 9.06. The van der Waals surface area contributed by atoms with Crippen LogP contribution in [-0.2, 0) is 0 Å². The van der Waals surface area contributed by atoms with Gasteiger partial charge in [-0.25, -0.2) is 0 Å². The molecule has 0 aliphatic rings. The molecule has 0 bridgehead atoms. The number of rotatable bonds is 1. The van der Waals surface area contributed by atoms with Crippen LogP contribution in [-0.4, -0.2) is 12.2 Å². The number of nitrogens with one attached hydrogen (secondary N) is 1. The monoisotopic (exact) mass is 157 g/mol. The van der Waals surface area contributed by atoms with Gasteiger partial charge in [-0.3, -0.25) is 0 Å². The molecule has 0 aliphatic heterocycles. The zero-order chi connectivity index (χ0) is 7.56. The first-order valence-electron chi connectivity index (χ1n) is 2.91. The summed E-state index contributed by atoms with van der Waals surface area (Å²) >= 11 is 5.68. The second kappa shape index (κ2) is 2.80. The Kier molecular flexibility index (Phi) is 2.02. The molecular weight excluding hydrogens is 150 g/mol. The van der Waals surface area contributed by atoms with E-state index in [1.165, 1.54) is 0 Å². The zero-order valence-electron chi connectivity index (χ0n) is 5.56. The normalized spacial score (nSPS) is 9.40. The highest BCUT2D eigenvalue weighted by Gasteiger charge is 2.00. The fourth-order valence-corrected chi connectivity index (χ4v) is 0.933. The molecule has 1 rings (SSSR count). The van der Waals surface area contributed by atoms with E-state index in [9.17, 15) is 0 Å². The third-order valence-electron chi connectivity index (χ3n) is 1.25. The van der Waals surface area contributed by atoms with Gasteiger partial charge in [-0.2, -0.15) is 0 Å². The third kappa shape index (κ3) is 1.16. The summed E-state index contributed by atoms with van der Waals surface area (Å²) in [4.78, 5) is 0. The molecule has 0 fully saturated rings. The van der Waals surface area contributed by atoms with Crippen molar-refractivity contribution in [2.24, 2.45) is 0 Å². The van der Waals surface area contributed by atoms with Crippen molar-refractivity contribution in [3.63, 3.8) is 0 Å². The molecule has 0 radical (unpaired) electrons. The Morgan fingerprint density at radius 3 is 2.70 bits per heavy atom. The van der Waals surface area contributed by atoms with Crippen molar-refractivity contribution in [2.75, 3.05) is 12.4 Å². The van der Waals surface area contributed by atoms with Gasteiger partial charge >= 0.3 is 0 Å². The number of anilines is 1. The maximum atomic E-state index is 9.06. The molecule has 2 nitrogen and oxygen atoms in total. The summed E-state index contributed by atoms with van der Waals surface area (Å²) in [6.07, 6.45) is 0. The Balaban J connectivity index is 3.14. The largest absolute Gasteiger partial charge is 0.506 e. The van der Waals surface area contributed by atoms with Crippen molar-refractivity contribution in [1.29, 1.82) is 0 Å². The molecule has 0 unspecified atom stereocenters. The highest BCUT2D eigenvalue weighted by Crippen LogP contribution is 2.29. The average molecular weight is 158 g/mol. The van der Waals surface area contributed by atoms with Crippen LogP contribution in [0.4, 0.5) is 5.69 Å². The van der Waals surface area contributed by atoms with E-state index in [4.69, 9.17) is 16.7 Å². The first kappa shape index (κ1) is 7.22. The van der Waals surface area contributed by atoms with E-state index in [1.54, 1.807) is 25.2 Å². The molecule has 1 aromatic carbocycles.